The van der Waals surface area contributed by atoms with E-state index >= 15 is 0 Å². The Morgan fingerprint density at radius 3 is 2.75 bits per heavy atom. The van der Waals surface area contributed by atoms with Gasteiger partial charge in [0.05, 0.1) is 24.4 Å². The van der Waals surface area contributed by atoms with E-state index in [1.54, 1.807) is 0 Å². The Hall–Kier alpha value is -0.610. The molecule has 1 N–H and O–H groups in total. The van der Waals surface area contributed by atoms with Crippen molar-refractivity contribution in [2.45, 2.75) is 51.2 Å². The van der Waals surface area contributed by atoms with E-state index in [0.29, 0.717) is 13.2 Å². The molecule has 0 aromatic rings. The summed E-state index contributed by atoms with van der Waals surface area (Å²) in [7, 11) is 0. The predicted octanol–water partition coefficient (Wildman–Crippen LogP) is 1.11. The van der Waals surface area contributed by atoms with Crippen LogP contribution in [0.25, 0.3) is 0 Å². The molecule has 92 valence electrons. The van der Waals surface area contributed by atoms with Crippen LogP contribution >= 0.6 is 0 Å². The number of hydrogen-bond donors (Lipinski definition) is 1. The Kier molecular flexibility index (Phi) is 2.97. The highest BCUT2D eigenvalue weighted by atomic mass is 16.5. The summed E-state index contributed by atoms with van der Waals surface area (Å²) in [5, 5.41) is 3.29. The van der Waals surface area contributed by atoms with Crippen molar-refractivity contribution >= 4 is 5.91 Å². The lowest BCUT2D eigenvalue weighted by molar-refractivity contribution is -0.135. The molecule has 2 aliphatic heterocycles. The fourth-order valence-electron chi connectivity index (χ4n) is 2.54. The molecular weight excluding hydrogens is 204 g/mol. The van der Waals surface area contributed by atoms with Gasteiger partial charge in [-0.25, -0.2) is 0 Å². The van der Waals surface area contributed by atoms with Crippen LogP contribution in [0.3, 0.4) is 0 Å². The highest BCUT2D eigenvalue weighted by molar-refractivity contribution is 5.87. The van der Waals surface area contributed by atoms with Gasteiger partial charge >= 0.3 is 0 Å². The summed E-state index contributed by atoms with van der Waals surface area (Å²) in [4.78, 5) is 14.1. The van der Waals surface area contributed by atoms with E-state index in [1.165, 1.54) is 0 Å². The zero-order valence-corrected chi connectivity index (χ0v) is 10.5. The zero-order chi connectivity index (χ0) is 11.8. The third-order valence-corrected chi connectivity index (χ3v) is 3.95. The van der Waals surface area contributed by atoms with Crippen LogP contribution in [0.4, 0.5) is 0 Å². The van der Waals surface area contributed by atoms with Gasteiger partial charge in [-0.15, -0.1) is 0 Å². The largest absolute Gasteiger partial charge is 0.373 e. The molecule has 2 unspecified atom stereocenters. The quantitative estimate of drug-likeness (QED) is 0.784. The van der Waals surface area contributed by atoms with Crippen LogP contribution in [-0.2, 0) is 9.53 Å². The number of rotatable bonds is 3. The van der Waals surface area contributed by atoms with Crippen LogP contribution < -0.4 is 5.32 Å². The molecule has 2 aliphatic rings. The van der Waals surface area contributed by atoms with E-state index in [-0.39, 0.29) is 17.0 Å². The number of carbonyl (C=O) groups excluding carboxylic acids is 1. The van der Waals surface area contributed by atoms with Crippen molar-refractivity contribution in [3.05, 3.63) is 0 Å². The first-order valence-corrected chi connectivity index (χ1v) is 6.17. The maximum absolute atomic E-state index is 12.2. The molecule has 0 aromatic heterocycles. The lowest BCUT2D eigenvalue weighted by atomic mass is 9.98. The van der Waals surface area contributed by atoms with Crippen molar-refractivity contribution in [1.29, 1.82) is 0 Å². The highest BCUT2D eigenvalue weighted by Gasteiger charge is 2.44. The van der Waals surface area contributed by atoms with E-state index < -0.39 is 0 Å². The third kappa shape index (κ3) is 1.96. The molecule has 1 amide bonds. The monoisotopic (exact) mass is 226 g/mol. The number of amides is 1. The fraction of sp³-hybridized carbons (Fsp3) is 0.917. The standard InChI is InChI=1S/C12H22N2O2/c1-4-12(3)10(15)14(9-13-12)8-11(2)6-5-7-16-11/h13H,4-9H2,1-3H3. The molecule has 0 radical (unpaired) electrons. The van der Waals surface area contributed by atoms with Gasteiger partial charge in [-0.1, -0.05) is 6.92 Å². The lowest BCUT2D eigenvalue weighted by Crippen LogP contribution is -2.46. The Morgan fingerprint density at radius 1 is 1.50 bits per heavy atom. The summed E-state index contributed by atoms with van der Waals surface area (Å²) >= 11 is 0. The predicted molar refractivity (Wildman–Crippen MR) is 62.0 cm³/mol. The highest BCUT2D eigenvalue weighted by Crippen LogP contribution is 2.28. The molecule has 2 atom stereocenters. The van der Waals surface area contributed by atoms with Gasteiger partial charge in [0, 0.05) is 6.61 Å². The normalized spacial score (nSPS) is 39.7. The van der Waals surface area contributed by atoms with Crippen LogP contribution in [0.5, 0.6) is 0 Å². The van der Waals surface area contributed by atoms with Gasteiger partial charge in [0.15, 0.2) is 0 Å². The second kappa shape index (κ2) is 4.00. The van der Waals surface area contributed by atoms with Crippen LogP contribution in [-0.4, -0.2) is 41.8 Å². The molecule has 4 heteroatoms. The smallest absolute Gasteiger partial charge is 0.243 e. The average molecular weight is 226 g/mol. The molecule has 2 fully saturated rings. The summed E-state index contributed by atoms with van der Waals surface area (Å²) in [6.07, 6.45) is 3.00. The van der Waals surface area contributed by atoms with Gasteiger partial charge in [0.2, 0.25) is 5.91 Å². The molecule has 2 rings (SSSR count). The molecule has 0 saturated carbocycles. The minimum absolute atomic E-state index is 0.129. The van der Waals surface area contributed by atoms with Crippen molar-refractivity contribution in [2.24, 2.45) is 0 Å². The van der Waals surface area contributed by atoms with E-state index in [9.17, 15) is 4.79 Å². The SMILES string of the molecule is CCC1(C)NCN(CC2(C)CCCO2)C1=O. The number of nitrogens with zero attached hydrogens (tertiary/aromatic N) is 1. The van der Waals surface area contributed by atoms with Gasteiger partial charge in [0.25, 0.3) is 0 Å². The van der Waals surface area contributed by atoms with E-state index in [1.807, 2.05) is 18.7 Å². The van der Waals surface area contributed by atoms with Crippen molar-refractivity contribution in [3.8, 4) is 0 Å². The topological polar surface area (TPSA) is 41.6 Å². The Balaban J connectivity index is 2.00. The van der Waals surface area contributed by atoms with Gasteiger partial charge < -0.3 is 9.64 Å². The van der Waals surface area contributed by atoms with Gasteiger partial charge in [-0.3, -0.25) is 10.1 Å². The lowest BCUT2D eigenvalue weighted by Gasteiger charge is -2.29. The second-order valence-electron chi connectivity index (χ2n) is 5.43. The summed E-state index contributed by atoms with van der Waals surface area (Å²) in [6, 6.07) is 0. The Bertz CT molecular complexity index is 287. The van der Waals surface area contributed by atoms with Crippen LogP contribution in [0.15, 0.2) is 0 Å². The first-order chi connectivity index (χ1) is 7.49. The summed E-state index contributed by atoms with van der Waals surface area (Å²) in [6.45, 7) is 8.33. The average Bonchev–Trinajstić information content (AvgIpc) is 2.79. The summed E-state index contributed by atoms with van der Waals surface area (Å²) in [5.74, 6) is 0.215. The summed E-state index contributed by atoms with van der Waals surface area (Å²) in [5.41, 5.74) is -0.495. The number of ether oxygens (including phenoxy) is 1. The molecule has 0 spiro atoms. The molecule has 2 saturated heterocycles. The zero-order valence-electron chi connectivity index (χ0n) is 10.5. The molecule has 4 nitrogen and oxygen atoms in total. The summed E-state index contributed by atoms with van der Waals surface area (Å²) < 4.78 is 5.73. The minimum Gasteiger partial charge on any atom is -0.373 e. The first-order valence-electron chi connectivity index (χ1n) is 6.17. The molecule has 16 heavy (non-hydrogen) atoms. The van der Waals surface area contributed by atoms with Crippen LogP contribution in [0.2, 0.25) is 0 Å². The Morgan fingerprint density at radius 2 is 2.25 bits per heavy atom. The van der Waals surface area contributed by atoms with Gasteiger partial charge in [-0.05, 0) is 33.1 Å². The number of hydrogen-bond acceptors (Lipinski definition) is 3. The number of nitrogens with one attached hydrogen (secondary N) is 1. The van der Waals surface area contributed by atoms with Crippen molar-refractivity contribution < 1.29 is 9.53 Å². The maximum atomic E-state index is 12.2. The van der Waals surface area contributed by atoms with Crippen LogP contribution in [0, 0.1) is 0 Å². The van der Waals surface area contributed by atoms with Crippen molar-refractivity contribution in [1.82, 2.24) is 10.2 Å². The van der Waals surface area contributed by atoms with E-state index in [2.05, 4.69) is 12.2 Å². The maximum Gasteiger partial charge on any atom is 0.243 e. The molecule has 0 aliphatic carbocycles. The number of carbonyl (C=O) groups is 1. The molecule has 2 heterocycles. The van der Waals surface area contributed by atoms with Crippen LogP contribution in [0.1, 0.15) is 40.0 Å². The van der Waals surface area contributed by atoms with Gasteiger partial charge in [0.1, 0.15) is 0 Å². The molecule has 0 bridgehead atoms. The van der Waals surface area contributed by atoms with Crippen molar-refractivity contribution in [3.63, 3.8) is 0 Å². The Labute approximate surface area is 97.3 Å². The molecular formula is C12H22N2O2. The fourth-order valence-corrected chi connectivity index (χ4v) is 2.54. The third-order valence-electron chi connectivity index (χ3n) is 3.95. The minimum atomic E-state index is -0.366. The van der Waals surface area contributed by atoms with Crippen molar-refractivity contribution in [2.75, 3.05) is 19.8 Å². The second-order valence-corrected chi connectivity index (χ2v) is 5.43. The van der Waals surface area contributed by atoms with E-state index in [0.717, 1.165) is 25.9 Å². The first kappa shape index (κ1) is 11.9. The van der Waals surface area contributed by atoms with Gasteiger partial charge in [-0.2, -0.15) is 0 Å². The van der Waals surface area contributed by atoms with E-state index in [4.69, 9.17) is 4.74 Å². The molecule has 0 aromatic carbocycles.